The predicted molar refractivity (Wildman–Crippen MR) is 76.6 cm³/mol. The van der Waals surface area contributed by atoms with Crippen molar-refractivity contribution in [3.05, 3.63) is 54.3 Å². The van der Waals surface area contributed by atoms with E-state index in [2.05, 4.69) is 15.3 Å². The van der Waals surface area contributed by atoms with Gasteiger partial charge < -0.3 is 9.72 Å². The van der Waals surface area contributed by atoms with E-state index in [1.165, 1.54) is 18.2 Å². The lowest BCUT2D eigenvalue weighted by molar-refractivity contribution is -0.118. The molecular formula is C15H12FN3O2. The molecule has 0 saturated carbocycles. The highest BCUT2D eigenvalue weighted by molar-refractivity contribution is 5.92. The molecule has 3 rings (SSSR count). The van der Waals surface area contributed by atoms with Crippen LogP contribution in [0.1, 0.15) is 0 Å². The van der Waals surface area contributed by atoms with E-state index in [1.807, 2.05) is 24.3 Å². The molecule has 0 aliphatic carbocycles. The molecule has 0 unspecified atom stereocenters. The van der Waals surface area contributed by atoms with Crippen LogP contribution >= 0.6 is 0 Å². The summed E-state index contributed by atoms with van der Waals surface area (Å²) in [5.74, 6) is -0.137. The number of hydrogen-bond acceptors (Lipinski definition) is 3. The van der Waals surface area contributed by atoms with Gasteiger partial charge in [0.05, 0.1) is 11.0 Å². The Bertz CT molecular complexity index is 752. The number of rotatable bonds is 4. The third-order valence-electron chi connectivity index (χ3n) is 2.81. The average Bonchev–Trinajstić information content (AvgIpc) is 2.87. The van der Waals surface area contributed by atoms with Gasteiger partial charge in [0, 0.05) is 6.07 Å². The minimum absolute atomic E-state index is 0.222. The zero-order valence-corrected chi connectivity index (χ0v) is 11.0. The number of ether oxygens (including phenoxy) is 1. The van der Waals surface area contributed by atoms with Gasteiger partial charge in [0.15, 0.2) is 6.61 Å². The molecule has 2 N–H and O–H groups in total. The zero-order chi connectivity index (χ0) is 14.7. The SMILES string of the molecule is O=C(COc1cccc(F)c1)Nc1nc2ccccc2[nH]1. The number of aromatic nitrogens is 2. The molecule has 1 aromatic heterocycles. The number of para-hydroxylation sites is 2. The highest BCUT2D eigenvalue weighted by Crippen LogP contribution is 2.14. The van der Waals surface area contributed by atoms with Crippen LogP contribution in [0.2, 0.25) is 0 Å². The first-order valence-corrected chi connectivity index (χ1v) is 6.34. The van der Waals surface area contributed by atoms with Crippen molar-refractivity contribution in [2.24, 2.45) is 0 Å². The van der Waals surface area contributed by atoms with Gasteiger partial charge in [-0.05, 0) is 24.3 Å². The number of carbonyl (C=O) groups excluding carboxylic acids is 1. The van der Waals surface area contributed by atoms with E-state index in [1.54, 1.807) is 6.07 Å². The molecule has 106 valence electrons. The fraction of sp³-hybridized carbons (Fsp3) is 0.0667. The predicted octanol–water partition coefficient (Wildman–Crippen LogP) is 2.72. The Hall–Kier alpha value is -2.89. The van der Waals surface area contributed by atoms with E-state index in [4.69, 9.17) is 4.74 Å². The standard InChI is InChI=1S/C15H12FN3O2/c16-10-4-3-5-11(8-10)21-9-14(20)19-15-17-12-6-1-2-7-13(12)18-15/h1-8H,9H2,(H2,17,18,19,20). The van der Waals surface area contributed by atoms with Crippen molar-refractivity contribution in [2.45, 2.75) is 0 Å². The van der Waals surface area contributed by atoms with Gasteiger partial charge in [0.1, 0.15) is 11.6 Å². The van der Waals surface area contributed by atoms with Gasteiger partial charge in [0.2, 0.25) is 5.95 Å². The summed E-state index contributed by atoms with van der Waals surface area (Å²) in [6.07, 6.45) is 0. The fourth-order valence-corrected chi connectivity index (χ4v) is 1.89. The molecular weight excluding hydrogens is 273 g/mol. The number of benzene rings is 2. The van der Waals surface area contributed by atoms with Crippen molar-refractivity contribution in [2.75, 3.05) is 11.9 Å². The number of H-pyrrole nitrogens is 1. The second kappa shape index (κ2) is 5.62. The molecule has 2 aromatic carbocycles. The molecule has 5 nitrogen and oxygen atoms in total. The van der Waals surface area contributed by atoms with Gasteiger partial charge in [-0.15, -0.1) is 0 Å². The topological polar surface area (TPSA) is 67.0 Å². The first kappa shape index (κ1) is 13.1. The highest BCUT2D eigenvalue weighted by Gasteiger charge is 2.07. The summed E-state index contributed by atoms with van der Waals surface area (Å²) in [6.45, 7) is -0.222. The number of carbonyl (C=O) groups is 1. The summed E-state index contributed by atoms with van der Waals surface area (Å²) in [5, 5.41) is 2.59. The van der Waals surface area contributed by atoms with Crippen molar-refractivity contribution < 1.29 is 13.9 Å². The van der Waals surface area contributed by atoms with Gasteiger partial charge in [-0.1, -0.05) is 18.2 Å². The molecule has 0 aliphatic rings. The molecule has 0 saturated heterocycles. The number of hydrogen-bond donors (Lipinski definition) is 2. The monoisotopic (exact) mass is 285 g/mol. The van der Waals surface area contributed by atoms with E-state index in [0.717, 1.165) is 11.0 Å². The third-order valence-corrected chi connectivity index (χ3v) is 2.81. The molecule has 1 amide bonds. The number of aromatic amines is 1. The van der Waals surface area contributed by atoms with E-state index in [9.17, 15) is 9.18 Å². The van der Waals surface area contributed by atoms with Crippen LogP contribution in [0.25, 0.3) is 11.0 Å². The van der Waals surface area contributed by atoms with Crippen molar-refractivity contribution in [3.63, 3.8) is 0 Å². The highest BCUT2D eigenvalue weighted by atomic mass is 19.1. The lowest BCUT2D eigenvalue weighted by Crippen LogP contribution is -2.20. The Morgan fingerprint density at radius 3 is 2.90 bits per heavy atom. The zero-order valence-electron chi connectivity index (χ0n) is 11.0. The van der Waals surface area contributed by atoms with E-state index < -0.39 is 5.82 Å². The first-order chi connectivity index (χ1) is 10.2. The molecule has 0 spiro atoms. The fourth-order valence-electron chi connectivity index (χ4n) is 1.89. The number of halogens is 1. The van der Waals surface area contributed by atoms with Crippen LogP contribution in [-0.2, 0) is 4.79 Å². The first-order valence-electron chi connectivity index (χ1n) is 6.34. The Morgan fingerprint density at radius 2 is 2.10 bits per heavy atom. The average molecular weight is 285 g/mol. The normalized spacial score (nSPS) is 10.5. The Balaban J connectivity index is 1.61. The summed E-state index contributed by atoms with van der Waals surface area (Å²) in [6, 6.07) is 13.1. The number of fused-ring (bicyclic) bond motifs is 1. The Morgan fingerprint density at radius 1 is 1.24 bits per heavy atom. The van der Waals surface area contributed by atoms with Crippen molar-refractivity contribution in [1.82, 2.24) is 9.97 Å². The number of nitrogens with zero attached hydrogens (tertiary/aromatic N) is 1. The minimum atomic E-state index is -0.412. The van der Waals surface area contributed by atoms with Crippen LogP contribution in [0, 0.1) is 5.82 Å². The van der Waals surface area contributed by atoms with Crippen LogP contribution in [0.5, 0.6) is 5.75 Å². The van der Waals surface area contributed by atoms with E-state index >= 15 is 0 Å². The van der Waals surface area contributed by atoms with E-state index in [0.29, 0.717) is 11.7 Å². The quantitative estimate of drug-likeness (QED) is 0.774. The molecule has 0 atom stereocenters. The van der Waals surface area contributed by atoms with Crippen LogP contribution in [0.4, 0.5) is 10.3 Å². The van der Waals surface area contributed by atoms with Gasteiger partial charge in [-0.25, -0.2) is 9.37 Å². The number of amides is 1. The molecule has 0 bridgehead atoms. The second-order valence-electron chi connectivity index (χ2n) is 4.40. The van der Waals surface area contributed by atoms with Gasteiger partial charge >= 0.3 is 0 Å². The lowest BCUT2D eigenvalue weighted by atomic mass is 10.3. The summed E-state index contributed by atoms with van der Waals surface area (Å²) in [7, 11) is 0. The Kier molecular flexibility index (Phi) is 3.51. The van der Waals surface area contributed by atoms with Gasteiger partial charge in [0.25, 0.3) is 5.91 Å². The lowest BCUT2D eigenvalue weighted by Gasteiger charge is -2.05. The maximum absolute atomic E-state index is 13.0. The smallest absolute Gasteiger partial charge is 0.264 e. The number of anilines is 1. The van der Waals surface area contributed by atoms with Crippen molar-refractivity contribution >= 4 is 22.9 Å². The van der Waals surface area contributed by atoms with Crippen LogP contribution in [-0.4, -0.2) is 22.5 Å². The van der Waals surface area contributed by atoms with E-state index in [-0.39, 0.29) is 12.5 Å². The molecule has 3 aromatic rings. The van der Waals surface area contributed by atoms with Crippen molar-refractivity contribution in [1.29, 1.82) is 0 Å². The van der Waals surface area contributed by atoms with Gasteiger partial charge in [-0.2, -0.15) is 0 Å². The largest absolute Gasteiger partial charge is 0.484 e. The Labute approximate surface area is 119 Å². The molecule has 0 radical (unpaired) electrons. The molecule has 21 heavy (non-hydrogen) atoms. The summed E-state index contributed by atoms with van der Waals surface area (Å²) >= 11 is 0. The summed E-state index contributed by atoms with van der Waals surface area (Å²) in [4.78, 5) is 19.0. The molecule has 6 heteroatoms. The van der Waals surface area contributed by atoms with Crippen LogP contribution < -0.4 is 10.1 Å². The summed E-state index contributed by atoms with van der Waals surface area (Å²) in [5.41, 5.74) is 1.60. The van der Waals surface area contributed by atoms with Crippen molar-refractivity contribution in [3.8, 4) is 5.75 Å². The number of nitrogens with one attached hydrogen (secondary N) is 2. The molecule has 1 heterocycles. The molecule has 0 aliphatic heterocycles. The maximum atomic E-state index is 13.0. The minimum Gasteiger partial charge on any atom is -0.484 e. The summed E-state index contributed by atoms with van der Waals surface area (Å²) < 4.78 is 18.2. The third kappa shape index (κ3) is 3.17. The maximum Gasteiger partial charge on any atom is 0.264 e. The van der Waals surface area contributed by atoms with Crippen LogP contribution in [0.15, 0.2) is 48.5 Å². The number of imidazole rings is 1. The van der Waals surface area contributed by atoms with Gasteiger partial charge in [-0.3, -0.25) is 10.1 Å². The van der Waals surface area contributed by atoms with Crippen LogP contribution in [0.3, 0.4) is 0 Å². The molecule has 0 fully saturated rings. The second-order valence-corrected chi connectivity index (χ2v) is 4.40.